The monoisotopic (exact) mass is 310 g/mol. The van der Waals surface area contributed by atoms with Crippen molar-refractivity contribution in [3.63, 3.8) is 0 Å². The molecule has 0 fully saturated rings. The first-order valence-electron chi connectivity index (χ1n) is 9.50. The summed E-state index contributed by atoms with van der Waals surface area (Å²) in [5, 5.41) is 0. The summed E-state index contributed by atoms with van der Waals surface area (Å²) in [5.74, 6) is 1.49. The summed E-state index contributed by atoms with van der Waals surface area (Å²) in [7, 11) is 1.88. The lowest BCUT2D eigenvalue weighted by Crippen LogP contribution is -2.20. The van der Waals surface area contributed by atoms with Crippen LogP contribution in [0.15, 0.2) is 12.2 Å². The van der Waals surface area contributed by atoms with Gasteiger partial charge in [-0.2, -0.15) is 0 Å². The van der Waals surface area contributed by atoms with Gasteiger partial charge in [-0.05, 0) is 49.4 Å². The zero-order valence-corrected chi connectivity index (χ0v) is 16.5. The third kappa shape index (κ3) is 11.3. The number of rotatable bonds is 13. The summed E-state index contributed by atoms with van der Waals surface area (Å²) in [6, 6.07) is 0. The smallest absolute Gasteiger partial charge is 0.0596 e. The van der Waals surface area contributed by atoms with E-state index < -0.39 is 0 Å². The fourth-order valence-electron chi connectivity index (χ4n) is 2.77. The van der Waals surface area contributed by atoms with Crippen LogP contribution in [0.3, 0.4) is 0 Å². The molecular formula is C21H42O. The Balaban J connectivity index is 3.85. The van der Waals surface area contributed by atoms with Crippen LogP contribution in [0.4, 0.5) is 0 Å². The molecule has 0 saturated carbocycles. The van der Waals surface area contributed by atoms with E-state index in [1.54, 1.807) is 0 Å². The Labute approximate surface area is 140 Å². The first-order valence-corrected chi connectivity index (χ1v) is 9.50. The quantitative estimate of drug-likeness (QED) is 0.262. The molecule has 0 rings (SSSR count). The van der Waals surface area contributed by atoms with Crippen molar-refractivity contribution in [2.75, 3.05) is 7.11 Å². The van der Waals surface area contributed by atoms with Gasteiger partial charge in [-0.15, -0.1) is 0 Å². The molecule has 0 radical (unpaired) electrons. The van der Waals surface area contributed by atoms with E-state index in [0.29, 0.717) is 17.4 Å². The van der Waals surface area contributed by atoms with Crippen molar-refractivity contribution >= 4 is 0 Å². The van der Waals surface area contributed by atoms with Gasteiger partial charge >= 0.3 is 0 Å². The van der Waals surface area contributed by atoms with Gasteiger partial charge in [0.1, 0.15) is 0 Å². The molecule has 2 atom stereocenters. The second-order valence-corrected chi connectivity index (χ2v) is 8.20. The molecule has 0 aromatic rings. The summed E-state index contributed by atoms with van der Waals surface area (Å²) in [6.45, 7) is 13.9. The molecule has 0 N–H and O–H groups in total. The van der Waals surface area contributed by atoms with Crippen LogP contribution in [0.2, 0.25) is 0 Å². The minimum Gasteiger partial charge on any atom is -0.381 e. The van der Waals surface area contributed by atoms with E-state index >= 15 is 0 Å². The molecule has 0 bridgehead atoms. The van der Waals surface area contributed by atoms with E-state index in [2.05, 4.69) is 53.7 Å². The average Bonchev–Trinajstić information content (AvgIpc) is 2.46. The summed E-state index contributed by atoms with van der Waals surface area (Å²) in [5.41, 5.74) is 0.460. The second-order valence-electron chi connectivity index (χ2n) is 8.20. The molecule has 0 aliphatic heterocycles. The van der Waals surface area contributed by atoms with E-state index in [9.17, 15) is 0 Å². The number of unbranched alkanes of at least 4 members (excludes halogenated alkanes) is 1. The average molecular weight is 311 g/mol. The Morgan fingerprint density at radius 2 is 1.64 bits per heavy atom. The number of hydrogen-bond donors (Lipinski definition) is 0. The maximum absolute atomic E-state index is 5.71. The van der Waals surface area contributed by atoms with Gasteiger partial charge in [0.25, 0.3) is 0 Å². The van der Waals surface area contributed by atoms with Gasteiger partial charge in [-0.1, -0.05) is 73.0 Å². The van der Waals surface area contributed by atoms with Gasteiger partial charge in [0.15, 0.2) is 0 Å². The van der Waals surface area contributed by atoms with Crippen LogP contribution in [0.1, 0.15) is 92.9 Å². The van der Waals surface area contributed by atoms with Crippen LogP contribution in [0.5, 0.6) is 0 Å². The van der Waals surface area contributed by atoms with E-state index in [1.807, 2.05) is 7.11 Å². The van der Waals surface area contributed by atoms with Crippen molar-refractivity contribution in [2.24, 2.45) is 17.3 Å². The molecule has 0 spiro atoms. The van der Waals surface area contributed by atoms with Gasteiger partial charge in [-0.25, -0.2) is 0 Å². The van der Waals surface area contributed by atoms with Crippen molar-refractivity contribution < 1.29 is 4.74 Å². The van der Waals surface area contributed by atoms with Crippen molar-refractivity contribution in [1.82, 2.24) is 0 Å². The molecule has 0 heterocycles. The minimum atomic E-state index is 0.446. The molecule has 0 aliphatic rings. The summed E-state index contributed by atoms with van der Waals surface area (Å²) < 4.78 is 5.71. The van der Waals surface area contributed by atoms with Crippen molar-refractivity contribution in [2.45, 2.75) is 99.0 Å². The van der Waals surface area contributed by atoms with Crippen LogP contribution >= 0.6 is 0 Å². The van der Waals surface area contributed by atoms with Gasteiger partial charge in [-0.3, -0.25) is 0 Å². The summed E-state index contributed by atoms with van der Waals surface area (Å²) in [6.07, 6.45) is 15.3. The largest absolute Gasteiger partial charge is 0.381 e. The Kier molecular flexibility index (Phi) is 12.0. The molecular weight excluding hydrogens is 268 g/mol. The number of methoxy groups -OCH3 is 1. The van der Waals surface area contributed by atoms with Crippen LogP contribution in [0, 0.1) is 17.3 Å². The first kappa shape index (κ1) is 21.7. The second kappa shape index (κ2) is 12.2. The molecule has 0 amide bonds. The highest BCUT2D eigenvalue weighted by atomic mass is 16.5. The maximum atomic E-state index is 5.71. The van der Waals surface area contributed by atoms with Crippen molar-refractivity contribution in [3.05, 3.63) is 12.2 Å². The highest BCUT2D eigenvalue weighted by molar-refractivity contribution is 4.87. The van der Waals surface area contributed by atoms with Crippen LogP contribution < -0.4 is 0 Å². The summed E-state index contributed by atoms with van der Waals surface area (Å²) >= 11 is 0. The number of hydrogen-bond acceptors (Lipinski definition) is 1. The topological polar surface area (TPSA) is 9.23 Å². The zero-order chi connectivity index (χ0) is 17.0. The first-order chi connectivity index (χ1) is 10.3. The highest BCUT2D eigenvalue weighted by Gasteiger charge is 2.16. The molecule has 0 aliphatic carbocycles. The van der Waals surface area contributed by atoms with Gasteiger partial charge < -0.3 is 4.74 Å². The predicted octanol–water partition coefficient (Wildman–Crippen LogP) is 7.02. The number of allylic oxidation sites excluding steroid dienone is 2. The van der Waals surface area contributed by atoms with Gasteiger partial charge in [0, 0.05) is 7.11 Å². The molecule has 0 aromatic carbocycles. The fourth-order valence-corrected chi connectivity index (χ4v) is 2.77. The molecule has 132 valence electrons. The Bertz CT molecular complexity index is 278. The molecule has 0 saturated heterocycles. The Morgan fingerprint density at radius 3 is 2.18 bits per heavy atom. The molecule has 0 aromatic heterocycles. The van der Waals surface area contributed by atoms with E-state index in [4.69, 9.17) is 4.74 Å². The Hall–Kier alpha value is -0.300. The predicted molar refractivity (Wildman–Crippen MR) is 100 cm³/mol. The maximum Gasteiger partial charge on any atom is 0.0596 e. The minimum absolute atomic E-state index is 0.446. The lowest BCUT2D eigenvalue weighted by Gasteiger charge is -2.23. The lowest BCUT2D eigenvalue weighted by molar-refractivity contribution is 0.0454. The van der Waals surface area contributed by atoms with Crippen molar-refractivity contribution in [1.29, 1.82) is 0 Å². The van der Waals surface area contributed by atoms with E-state index in [0.717, 1.165) is 5.92 Å². The van der Waals surface area contributed by atoms with E-state index in [1.165, 1.54) is 51.4 Å². The Morgan fingerprint density at radius 1 is 0.955 bits per heavy atom. The third-order valence-corrected chi connectivity index (χ3v) is 5.03. The van der Waals surface area contributed by atoms with Crippen LogP contribution in [-0.2, 0) is 4.74 Å². The number of ether oxygens (including phenoxy) is 1. The normalized spacial score (nSPS) is 15.6. The highest BCUT2D eigenvalue weighted by Crippen LogP contribution is 2.25. The zero-order valence-electron chi connectivity index (χ0n) is 16.5. The van der Waals surface area contributed by atoms with Gasteiger partial charge in [0.05, 0.1) is 6.10 Å². The molecule has 1 heteroatoms. The molecule has 22 heavy (non-hydrogen) atoms. The molecule has 1 nitrogen and oxygen atoms in total. The molecule has 1 unspecified atom stereocenters. The van der Waals surface area contributed by atoms with Crippen LogP contribution in [-0.4, -0.2) is 13.2 Å². The fraction of sp³-hybridized carbons (Fsp3) is 0.905. The standard InChI is InChI=1S/C21H42O/c1-8-21(5,6)17-12-10-9-11-15-19(4)20(22-7)16-13-14-18(2)3/h10,12,18-20H,8-9,11,13-17H2,1-7H3/b12-10-/t19-,20?/m1/s1. The van der Waals surface area contributed by atoms with Crippen LogP contribution in [0.25, 0.3) is 0 Å². The SMILES string of the molecule is CCC(C)(C)C/C=C\CCC[C@@H](C)C(CCCC(C)C)OC. The third-order valence-electron chi connectivity index (χ3n) is 5.03. The van der Waals surface area contributed by atoms with E-state index in [-0.39, 0.29) is 0 Å². The van der Waals surface area contributed by atoms with Crippen molar-refractivity contribution in [3.8, 4) is 0 Å². The van der Waals surface area contributed by atoms with Gasteiger partial charge in [0.2, 0.25) is 0 Å². The lowest BCUT2D eigenvalue weighted by atomic mass is 9.86. The summed E-state index contributed by atoms with van der Waals surface area (Å²) in [4.78, 5) is 0.